The number of phenols is 1. The van der Waals surface area contributed by atoms with E-state index in [0.717, 1.165) is 33.4 Å². The van der Waals surface area contributed by atoms with Crippen molar-refractivity contribution in [3.63, 3.8) is 0 Å². The Morgan fingerprint density at radius 2 is 1.96 bits per heavy atom. The Kier molecular flexibility index (Phi) is 8.80. The number of alkyl carbamates (subject to hydrolysis) is 1. The van der Waals surface area contributed by atoms with Crippen LogP contribution in [-0.2, 0) is 17.6 Å². The number of amides is 1. The number of benzene rings is 2. The largest absolute Gasteiger partial charge is 0.504 e. The quantitative estimate of drug-likeness (QED) is 0.296. The van der Waals surface area contributed by atoms with Crippen molar-refractivity contribution in [1.82, 2.24) is 15.1 Å². The number of carbonyl (C=O) groups is 1. The summed E-state index contributed by atoms with van der Waals surface area (Å²) in [5, 5.41) is 25.3. The normalized spacial score (nSPS) is 24.6. The lowest BCUT2D eigenvalue weighted by atomic mass is 9.71. The van der Waals surface area contributed by atoms with Crippen molar-refractivity contribution in [3.05, 3.63) is 52.1 Å². The fourth-order valence-corrected chi connectivity index (χ4v) is 7.91. The lowest BCUT2D eigenvalue weighted by Crippen LogP contribution is -2.68. The van der Waals surface area contributed by atoms with E-state index in [0.29, 0.717) is 35.8 Å². The Balaban J connectivity index is 1.54. The Morgan fingerprint density at radius 1 is 1.22 bits per heavy atom. The molecule has 0 saturated carbocycles. The zero-order valence-electron chi connectivity index (χ0n) is 25.9. The molecule has 46 heavy (non-hydrogen) atoms. The molecule has 6 rings (SSSR count). The number of methoxy groups -OCH3 is 1. The molecule has 3 unspecified atom stereocenters. The van der Waals surface area contributed by atoms with Gasteiger partial charge in [-0.25, -0.2) is 4.79 Å². The highest BCUT2D eigenvalue weighted by Crippen LogP contribution is 2.58. The molecule has 2 aromatic rings. The number of ether oxygens (including phenoxy) is 5. The minimum atomic E-state index is -1.78. The first-order valence-electron chi connectivity index (χ1n) is 14.9. The monoisotopic (exact) mass is 692 g/mol. The molecule has 1 fully saturated rings. The van der Waals surface area contributed by atoms with E-state index >= 15 is 0 Å². The van der Waals surface area contributed by atoms with Gasteiger partial charge in [-0.1, -0.05) is 53.5 Å². The first-order valence-corrected chi connectivity index (χ1v) is 16.0. The second kappa shape index (κ2) is 12.4. The summed E-state index contributed by atoms with van der Waals surface area (Å²) < 4.78 is 27.3. The number of nitrogens with zero attached hydrogens (tertiary/aromatic N) is 3. The van der Waals surface area contributed by atoms with Crippen LogP contribution in [0.15, 0.2) is 18.7 Å². The number of piperazine rings is 1. The SMILES string of the molecule is C=CCOc1c(C)c2c(c3c1C[C@H]1C4c5c(cc(C)c(OC)c5O)CC([C@H](C#N)N1C3CNC(=O)OCC(Cl)(Cl)Cl)N4C)OCO2. The smallest absolute Gasteiger partial charge is 0.407 e. The average Bonchev–Trinajstić information content (AvgIpc) is 3.49. The third-order valence-corrected chi connectivity index (χ3v) is 9.74. The van der Waals surface area contributed by atoms with Crippen LogP contribution in [0, 0.1) is 25.2 Å². The number of fused-ring (bicyclic) bond motifs is 9. The predicted molar refractivity (Wildman–Crippen MR) is 171 cm³/mol. The Labute approximate surface area is 282 Å². The molecule has 2 aromatic carbocycles. The van der Waals surface area contributed by atoms with Crippen LogP contribution in [0.25, 0.3) is 0 Å². The number of phenolic OH excluding ortho intramolecular Hbond substituents is 1. The summed E-state index contributed by atoms with van der Waals surface area (Å²) in [6, 6.07) is 2.53. The third kappa shape index (κ3) is 5.34. The number of rotatable bonds is 7. The highest BCUT2D eigenvalue weighted by Gasteiger charge is 2.56. The van der Waals surface area contributed by atoms with Crippen molar-refractivity contribution < 1.29 is 33.6 Å². The van der Waals surface area contributed by atoms with E-state index in [9.17, 15) is 15.2 Å². The second-order valence-corrected chi connectivity index (χ2v) is 14.4. The minimum absolute atomic E-state index is 0.0124. The number of aromatic hydroxyl groups is 1. The van der Waals surface area contributed by atoms with Gasteiger partial charge in [0, 0.05) is 40.9 Å². The molecular formula is C32H35Cl3N4O7. The van der Waals surface area contributed by atoms with Crippen molar-refractivity contribution in [2.24, 2.45) is 0 Å². The number of aryl methyl sites for hydroxylation is 1. The zero-order valence-corrected chi connectivity index (χ0v) is 28.1. The first-order chi connectivity index (χ1) is 21.9. The summed E-state index contributed by atoms with van der Waals surface area (Å²) in [4.78, 5) is 17.2. The maximum Gasteiger partial charge on any atom is 0.407 e. The van der Waals surface area contributed by atoms with E-state index in [1.54, 1.807) is 6.08 Å². The molecule has 0 aliphatic carbocycles. The van der Waals surface area contributed by atoms with Gasteiger partial charge in [0.1, 0.15) is 25.0 Å². The fourth-order valence-electron chi connectivity index (χ4n) is 7.75. The van der Waals surface area contributed by atoms with Gasteiger partial charge in [0.05, 0.1) is 25.3 Å². The Morgan fingerprint density at radius 3 is 2.63 bits per heavy atom. The standard InChI is InChI=1S/C32H35Cl3N4O7/c1-6-7-43-28-16(3)29-30(46-14-45-29)24-18(28)10-20-25-23-17(8-15(2)27(42-5)26(23)40)9-19(38(25)4)21(11-36)39(20)22(24)12-37-31(41)44-13-32(33,34)35/h6,8,19-22,25,40H,1,7,9-10,12-14H2,2-5H3,(H,37,41)/t19?,20-,21-,22?,25?/m0/s1. The van der Waals surface area contributed by atoms with Crippen LogP contribution in [-0.4, -0.2) is 83.6 Å². The van der Waals surface area contributed by atoms with Crippen molar-refractivity contribution in [1.29, 1.82) is 5.26 Å². The lowest BCUT2D eigenvalue weighted by molar-refractivity contribution is -0.0723. The van der Waals surface area contributed by atoms with Crippen LogP contribution in [0.1, 0.15) is 45.5 Å². The molecular weight excluding hydrogens is 659 g/mol. The van der Waals surface area contributed by atoms with Crippen molar-refractivity contribution in [2.45, 2.75) is 60.7 Å². The molecule has 1 saturated heterocycles. The van der Waals surface area contributed by atoms with Crippen LogP contribution in [0.2, 0.25) is 0 Å². The van der Waals surface area contributed by atoms with Crippen LogP contribution in [0.3, 0.4) is 0 Å². The molecule has 0 spiro atoms. The molecule has 1 amide bonds. The van der Waals surface area contributed by atoms with Crippen molar-refractivity contribution in [2.75, 3.05) is 40.7 Å². The minimum Gasteiger partial charge on any atom is -0.504 e. The lowest BCUT2D eigenvalue weighted by Gasteiger charge is -2.60. The molecule has 0 radical (unpaired) electrons. The molecule has 11 nitrogen and oxygen atoms in total. The third-order valence-electron chi connectivity index (χ3n) is 9.42. The summed E-state index contributed by atoms with van der Waals surface area (Å²) >= 11 is 17.4. The number of likely N-dealkylation sites (N-methyl/N-ethyl adjacent to an activating group) is 1. The predicted octanol–water partition coefficient (Wildman–Crippen LogP) is 5.18. The maximum atomic E-state index is 12.9. The second-order valence-electron chi connectivity index (χ2n) is 11.9. The molecule has 2 bridgehead atoms. The Hall–Kier alpha value is -3.27. The van der Waals surface area contributed by atoms with Gasteiger partial charge in [0.2, 0.25) is 10.6 Å². The van der Waals surface area contributed by atoms with E-state index in [4.69, 9.17) is 58.5 Å². The summed E-state index contributed by atoms with van der Waals surface area (Å²) in [6.45, 7) is 7.48. The van der Waals surface area contributed by atoms with E-state index < -0.39 is 28.6 Å². The van der Waals surface area contributed by atoms with Gasteiger partial charge in [-0.15, -0.1) is 0 Å². The number of nitrogens with one attached hydrogen (secondary N) is 1. The average molecular weight is 694 g/mol. The van der Waals surface area contributed by atoms with Crippen molar-refractivity contribution in [3.8, 4) is 34.8 Å². The van der Waals surface area contributed by atoms with E-state index in [2.05, 4.69) is 27.8 Å². The molecule has 246 valence electrons. The molecule has 4 heterocycles. The van der Waals surface area contributed by atoms with E-state index in [-0.39, 0.29) is 43.8 Å². The summed E-state index contributed by atoms with van der Waals surface area (Å²) in [7, 11) is 3.53. The number of carbonyl (C=O) groups excluding carboxylic acids is 1. The van der Waals surface area contributed by atoms with Gasteiger partial charge in [-0.3, -0.25) is 9.80 Å². The molecule has 4 aliphatic heterocycles. The molecule has 14 heteroatoms. The van der Waals surface area contributed by atoms with Gasteiger partial charge in [-0.05, 0) is 44.9 Å². The highest BCUT2D eigenvalue weighted by atomic mass is 35.6. The van der Waals surface area contributed by atoms with Crippen LogP contribution < -0.4 is 24.3 Å². The van der Waals surface area contributed by atoms with Gasteiger partial charge < -0.3 is 34.1 Å². The van der Waals surface area contributed by atoms with E-state index in [1.807, 2.05) is 27.0 Å². The van der Waals surface area contributed by atoms with Crippen LogP contribution in [0.4, 0.5) is 4.79 Å². The van der Waals surface area contributed by atoms with Gasteiger partial charge in [-0.2, -0.15) is 5.26 Å². The summed E-state index contributed by atoms with van der Waals surface area (Å²) in [5.74, 6) is 2.22. The van der Waals surface area contributed by atoms with Crippen LogP contribution >= 0.6 is 34.8 Å². The molecule has 2 N–H and O–H groups in total. The maximum absolute atomic E-state index is 12.9. The number of hydrogen-bond acceptors (Lipinski definition) is 10. The number of alkyl halides is 3. The van der Waals surface area contributed by atoms with Gasteiger partial charge >= 0.3 is 6.09 Å². The molecule has 5 atom stereocenters. The fraction of sp³-hybridized carbons (Fsp3) is 0.500. The highest BCUT2D eigenvalue weighted by molar-refractivity contribution is 6.67. The summed E-state index contributed by atoms with van der Waals surface area (Å²) in [6.07, 6.45) is 1.85. The Bertz CT molecular complexity index is 1620. The summed E-state index contributed by atoms with van der Waals surface area (Å²) in [5.41, 5.74) is 4.95. The van der Waals surface area contributed by atoms with E-state index in [1.165, 1.54) is 7.11 Å². The number of hydrogen-bond donors (Lipinski definition) is 2. The molecule has 4 aliphatic rings. The number of halogens is 3. The van der Waals surface area contributed by atoms with Gasteiger partial charge in [0.15, 0.2) is 23.0 Å². The van der Waals surface area contributed by atoms with Gasteiger partial charge in [0.25, 0.3) is 0 Å². The topological polar surface area (TPSA) is 126 Å². The number of nitriles is 1. The molecule has 0 aromatic heterocycles. The van der Waals surface area contributed by atoms with Crippen molar-refractivity contribution >= 4 is 40.9 Å². The van der Waals surface area contributed by atoms with Crippen LogP contribution in [0.5, 0.6) is 28.7 Å². The zero-order chi connectivity index (χ0) is 33.1. The first kappa shape index (κ1) is 32.7.